The summed E-state index contributed by atoms with van der Waals surface area (Å²) in [6.45, 7) is 3.65. The minimum absolute atomic E-state index is 0.263. The fourth-order valence-corrected chi connectivity index (χ4v) is 3.12. The first-order valence-electron chi connectivity index (χ1n) is 6.48. The number of fused-ring (bicyclic) bond motifs is 2. The lowest BCUT2D eigenvalue weighted by Crippen LogP contribution is -2.49. The molecule has 0 aromatic heterocycles. The Morgan fingerprint density at radius 1 is 1.06 bits per heavy atom. The van der Waals surface area contributed by atoms with E-state index in [-0.39, 0.29) is 5.92 Å². The van der Waals surface area contributed by atoms with Crippen LogP contribution in [0.1, 0.15) is 25.7 Å². The number of carbonyl (C=O) groups is 1. The van der Waals surface area contributed by atoms with Gasteiger partial charge in [0.2, 0.25) is 5.91 Å². The summed E-state index contributed by atoms with van der Waals surface area (Å²) in [6.07, 6.45) is 4.94. The van der Waals surface area contributed by atoms with Gasteiger partial charge in [-0.2, -0.15) is 0 Å². The highest BCUT2D eigenvalue weighted by molar-refractivity contribution is 5.79. The maximum atomic E-state index is 12.3. The minimum Gasteiger partial charge on any atom is -0.371 e. The van der Waals surface area contributed by atoms with E-state index in [0.717, 1.165) is 51.9 Å². The van der Waals surface area contributed by atoms with Crippen LogP contribution in [0.5, 0.6) is 0 Å². The summed E-state index contributed by atoms with van der Waals surface area (Å²) in [7, 11) is 0. The Kier molecular flexibility index (Phi) is 2.86. The summed E-state index contributed by atoms with van der Waals surface area (Å²) >= 11 is 0. The highest BCUT2D eigenvalue weighted by Crippen LogP contribution is 2.28. The number of nitrogens with one attached hydrogen (secondary N) is 1. The van der Waals surface area contributed by atoms with Gasteiger partial charge >= 0.3 is 0 Å². The van der Waals surface area contributed by atoms with Crippen LogP contribution in [0.3, 0.4) is 0 Å². The van der Waals surface area contributed by atoms with Gasteiger partial charge in [0.15, 0.2) is 0 Å². The molecule has 4 heteroatoms. The number of amides is 1. The van der Waals surface area contributed by atoms with E-state index in [1.807, 2.05) is 0 Å². The number of ether oxygens (including phenoxy) is 1. The van der Waals surface area contributed by atoms with Crippen molar-refractivity contribution in [3.05, 3.63) is 0 Å². The van der Waals surface area contributed by atoms with Crippen molar-refractivity contribution in [3.63, 3.8) is 0 Å². The molecule has 0 radical (unpaired) electrons. The first kappa shape index (κ1) is 10.5. The highest BCUT2D eigenvalue weighted by atomic mass is 16.5. The zero-order chi connectivity index (χ0) is 11.0. The third-order valence-corrected chi connectivity index (χ3v) is 4.04. The first-order valence-corrected chi connectivity index (χ1v) is 6.48. The molecule has 0 aromatic rings. The van der Waals surface area contributed by atoms with Gasteiger partial charge in [0.1, 0.15) is 0 Å². The first-order chi connectivity index (χ1) is 7.83. The number of carbonyl (C=O) groups excluding carboxylic acids is 1. The largest absolute Gasteiger partial charge is 0.371 e. The predicted molar refractivity (Wildman–Crippen MR) is 60.1 cm³/mol. The Labute approximate surface area is 96.3 Å². The highest BCUT2D eigenvalue weighted by Gasteiger charge is 2.37. The molecule has 1 amide bonds. The topological polar surface area (TPSA) is 41.6 Å². The summed E-state index contributed by atoms with van der Waals surface area (Å²) in [5, 5.41) is 3.31. The van der Waals surface area contributed by atoms with E-state index in [1.165, 1.54) is 0 Å². The van der Waals surface area contributed by atoms with Gasteiger partial charge in [0, 0.05) is 19.0 Å². The van der Waals surface area contributed by atoms with E-state index in [2.05, 4.69) is 10.2 Å². The van der Waals surface area contributed by atoms with E-state index in [9.17, 15) is 4.79 Å². The Morgan fingerprint density at radius 3 is 2.31 bits per heavy atom. The molecule has 3 saturated heterocycles. The molecule has 2 bridgehead atoms. The molecule has 2 atom stereocenters. The van der Waals surface area contributed by atoms with Crippen LogP contribution in [0.4, 0.5) is 0 Å². The fourth-order valence-electron chi connectivity index (χ4n) is 3.12. The summed E-state index contributed by atoms with van der Waals surface area (Å²) in [5.41, 5.74) is 0. The molecule has 1 N–H and O–H groups in total. The van der Waals surface area contributed by atoms with Crippen LogP contribution in [0, 0.1) is 5.92 Å². The number of piperidine rings is 1. The Balaban J connectivity index is 1.61. The van der Waals surface area contributed by atoms with Crippen LogP contribution < -0.4 is 5.32 Å². The van der Waals surface area contributed by atoms with Gasteiger partial charge in [-0.15, -0.1) is 0 Å². The maximum Gasteiger partial charge on any atom is 0.225 e. The minimum atomic E-state index is 0.263. The van der Waals surface area contributed by atoms with Crippen molar-refractivity contribution in [1.82, 2.24) is 10.2 Å². The number of nitrogens with zero attached hydrogens (tertiary/aromatic N) is 1. The number of hydrogen-bond donors (Lipinski definition) is 1. The lowest BCUT2D eigenvalue weighted by molar-refractivity contribution is -0.145. The third kappa shape index (κ3) is 1.96. The van der Waals surface area contributed by atoms with Gasteiger partial charge in [0.25, 0.3) is 0 Å². The average molecular weight is 224 g/mol. The predicted octanol–water partition coefficient (Wildman–Crippen LogP) is 0.376. The summed E-state index contributed by atoms with van der Waals surface area (Å²) in [6, 6.07) is 0. The van der Waals surface area contributed by atoms with Crippen molar-refractivity contribution in [2.75, 3.05) is 26.2 Å². The van der Waals surface area contributed by atoms with E-state index in [4.69, 9.17) is 4.74 Å². The molecule has 0 spiro atoms. The standard InChI is InChI=1S/C12H20N2O2/c15-12(9-3-5-13-6-4-9)14-7-10-1-2-11(8-14)16-10/h9-11,13H,1-8H2. The monoisotopic (exact) mass is 224 g/mol. The van der Waals surface area contributed by atoms with Crippen LogP contribution in [-0.4, -0.2) is 49.2 Å². The second-order valence-electron chi connectivity index (χ2n) is 5.22. The van der Waals surface area contributed by atoms with Crippen molar-refractivity contribution in [2.45, 2.75) is 37.9 Å². The summed E-state index contributed by atoms with van der Waals surface area (Å²) in [5.74, 6) is 0.639. The third-order valence-electron chi connectivity index (χ3n) is 4.04. The molecule has 3 rings (SSSR count). The molecule has 3 aliphatic heterocycles. The number of morpholine rings is 1. The maximum absolute atomic E-state index is 12.3. The van der Waals surface area contributed by atoms with E-state index >= 15 is 0 Å². The van der Waals surface area contributed by atoms with Crippen LogP contribution in [0.25, 0.3) is 0 Å². The Hall–Kier alpha value is -0.610. The number of hydrogen-bond acceptors (Lipinski definition) is 3. The molecule has 16 heavy (non-hydrogen) atoms. The van der Waals surface area contributed by atoms with Crippen molar-refractivity contribution in [1.29, 1.82) is 0 Å². The average Bonchev–Trinajstić information content (AvgIpc) is 2.68. The zero-order valence-corrected chi connectivity index (χ0v) is 9.65. The van der Waals surface area contributed by atoms with Gasteiger partial charge in [-0.05, 0) is 38.8 Å². The Morgan fingerprint density at radius 2 is 1.69 bits per heavy atom. The van der Waals surface area contributed by atoms with E-state index in [1.54, 1.807) is 0 Å². The lowest BCUT2D eigenvalue weighted by Gasteiger charge is -2.35. The number of rotatable bonds is 1. The fraction of sp³-hybridized carbons (Fsp3) is 0.917. The van der Waals surface area contributed by atoms with Gasteiger partial charge in [-0.25, -0.2) is 0 Å². The molecule has 0 aromatic carbocycles. The lowest BCUT2D eigenvalue weighted by atomic mass is 9.96. The summed E-state index contributed by atoms with van der Waals surface area (Å²) < 4.78 is 5.76. The van der Waals surface area contributed by atoms with Crippen LogP contribution in [0.2, 0.25) is 0 Å². The molecule has 0 saturated carbocycles. The van der Waals surface area contributed by atoms with Gasteiger partial charge in [0.05, 0.1) is 12.2 Å². The smallest absolute Gasteiger partial charge is 0.225 e. The van der Waals surface area contributed by atoms with E-state index in [0.29, 0.717) is 18.1 Å². The quantitative estimate of drug-likeness (QED) is 0.700. The molecule has 3 heterocycles. The summed E-state index contributed by atoms with van der Waals surface area (Å²) in [4.78, 5) is 14.4. The molecule has 3 fully saturated rings. The molecular formula is C12H20N2O2. The van der Waals surface area contributed by atoms with Gasteiger partial charge in [-0.1, -0.05) is 0 Å². The molecule has 4 nitrogen and oxygen atoms in total. The second kappa shape index (κ2) is 4.34. The Bertz CT molecular complexity index is 264. The molecule has 0 aliphatic carbocycles. The SMILES string of the molecule is O=C(C1CCNCC1)N1CC2CCC(C1)O2. The van der Waals surface area contributed by atoms with Crippen molar-refractivity contribution in [3.8, 4) is 0 Å². The van der Waals surface area contributed by atoms with Crippen LogP contribution in [-0.2, 0) is 9.53 Å². The van der Waals surface area contributed by atoms with Crippen molar-refractivity contribution >= 4 is 5.91 Å². The van der Waals surface area contributed by atoms with E-state index < -0.39 is 0 Å². The van der Waals surface area contributed by atoms with Crippen molar-refractivity contribution in [2.24, 2.45) is 5.92 Å². The van der Waals surface area contributed by atoms with Crippen LogP contribution >= 0.6 is 0 Å². The van der Waals surface area contributed by atoms with Gasteiger partial charge < -0.3 is 15.0 Å². The molecular weight excluding hydrogens is 204 g/mol. The van der Waals surface area contributed by atoms with Crippen LogP contribution in [0.15, 0.2) is 0 Å². The van der Waals surface area contributed by atoms with Crippen molar-refractivity contribution < 1.29 is 9.53 Å². The second-order valence-corrected chi connectivity index (χ2v) is 5.22. The molecule has 90 valence electrons. The zero-order valence-electron chi connectivity index (χ0n) is 9.65. The normalized spacial score (nSPS) is 35.4. The molecule has 2 unspecified atom stereocenters. The number of likely N-dealkylation sites (tertiary alicyclic amines) is 1. The molecule has 3 aliphatic rings. The van der Waals surface area contributed by atoms with Gasteiger partial charge in [-0.3, -0.25) is 4.79 Å².